The van der Waals surface area contributed by atoms with Crippen molar-refractivity contribution in [2.24, 2.45) is 0 Å². The highest BCUT2D eigenvalue weighted by atomic mass is 16.5. The van der Waals surface area contributed by atoms with Crippen molar-refractivity contribution in [3.8, 4) is 17.2 Å². The lowest BCUT2D eigenvalue weighted by atomic mass is 10.2. The summed E-state index contributed by atoms with van der Waals surface area (Å²) in [5, 5.41) is 12.9. The van der Waals surface area contributed by atoms with Crippen molar-refractivity contribution >= 4 is 5.69 Å². The lowest BCUT2D eigenvalue weighted by Crippen LogP contribution is -2.00. The van der Waals surface area contributed by atoms with E-state index in [0.29, 0.717) is 18.9 Å². The molecule has 2 rings (SSSR count). The molecule has 0 amide bonds. The topological polar surface area (TPSA) is 50.7 Å². The van der Waals surface area contributed by atoms with Crippen LogP contribution in [-0.4, -0.2) is 18.8 Å². The Morgan fingerprint density at radius 2 is 1.85 bits per heavy atom. The van der Waals surface area contributed by atoms with E-state index in [1.807, 2.05) is 43.3 Å². The minimum absolute atomic E-state index is 0.150. The van der Waals surface area contributed by atoms with Gasteiger partial charge < -0.3 is 19.9 Å². The third-order valence-electron chi connectivity index (χ3n) is 2.91. The average Bonchev–Trinajstić information content (AvgIpc) is 2.48. The molecule has 0 heterocycles. The van der Waals surface area contributed by atoms with Gasteiger partial charge in [-0.1, -0.05) is 6.07 Å². The zero-order valence-corrected chi connectivity index (χ0v) is 11.7. The maximum Gasteiger partial charge on any atom is 0.160 e. The Kier molecular flexibility index (Phi) is 4.71. The molecule has 0 aromatic heterocycles. The zero-order valence-electron chi connectivity index (χ0n) is 11.7. The molecule has 20 heavy (non-hydrogen) atoms. The summed E-state index contributed by atoms with van der Waals surface area (Å²) in [5.74, 6) is 1.50. The number of rotatable bonds is 6. The Labute approximate surface area is 119 Å². The van der Waals surface area contributed by atoms with Crippen LogP contribution in [0, 0.1) is 0 Å². The van der Waals surface area contributed by atoms with Gasteiger partial charge in [0.15, 0.2) is 11.5 Å². The third kappa shape index (κ3) is 3.57. The summed E-state index contributed by atoms with van der Waals surface area (Å²) in [6, 6.07) is 13.1. The van der Waals surface area contributed by atoms with E-state index in [9.17, 15) is 5.11 Å². The summed E-state index contributed by atoms with van der Waals surface area (Å²) >= 11 is 0. The Bertz CT molecular complexity index is 552. The van der Waals surface area contributed by atoms with Crippen LogP contribution in [0.15, 0.2) is 42.5 Å². The van der Waals surface area contributed by atoms with Crippen LogP contribution in [0.2, 0.25) is 0 Å². The first-order valence-corrected chi connectivity index (χ1v) is 6.55. The highest BCUT2D eigenvalue weighted by Crippen LogP contribution is 2.26. The molecule has 0 saturated heterocycles. The van der Waals surface area contributed by atoms with E-state index in [1.54, 1.807) is 13.2 Å². The van der Waals surface area contributed by atoms with E-state index in [2.05, 4.69) is 5.32 Å². The van der Waals surface area contributed by atoms with Crippen LogP contribution in [0.1, 0.15) is 12.5 Å². The fraction of sp³-hybridized carbons (Fsp3) is 0.250. The molecule has 0 spiro atoms. The molecule has 2 aromatic rings. The monoisotopic (exact) mass is 273 g/mol. The lowest BCUT2D eigenvalue weighted by Gasteiger charge is -2.10. The van der Waals surface area contributed by atoms with Crippen LogP contribution in [0.3, 0.4) is 0 Å². The molecule has 0 aliphatic heterocycles. The van der Waals surface area contributed by atoms with E-state index in [4.69, 9.17) is 9.47 Å². The minimum atomic E-state index is 0.150. The summed E-state index contributed by atoms with van der Waals surface area (Å²) in [4.78, 5) is 0. The molecule has 4 heteroatoms. The van der Waals surface area contributed by atoms with Crippen LogP contribution >= 0.6 is 0 Å². The van der Waals surface area contributed by atoms with Crippen LogP contribution in [0.25, 0.3) is 0 Å². The first-order valence-electron chi connectivity index (χ1n) is 6.55. The van der Waals surface area contributed by atoms with E-state index in [-0.39, 0.29) is 5.75 Å². The Hall–Kier alpha value is -2.36. The molecule has 0 unspecified atom stereocenters. The molecule has 0 aliphatic rings. The van der Waals surface area contributed by atoms with E-state index in [1.165, 1.54) is 0 Å². The quantitative estimate of drug-likeness (QED) is 0.846. The fourth-order valence-corrected chi connectivity index (χ4v) is 1.87. The highest BCUT2D eigenvalue weighted by molar-refractivity contribution is 5.48. The molecule has 0 saturated carbocycles. The predicted octanol–water partition coefficient (Wildman–Crippen LogP) is 3.41. The molecule has 2 N–H and O–H groups in total. The summed E-state index contributed by atoms with van der Waals surface area (Å²) < 4.78 is 10.5. The molecular formula is C16H19NO3. The Balaban J connectivity index is 1.97. The van der Waals surface area contributed by atoms with E-state index in [0.717, 1.165) is 17.0 Å². The SMILES string of the molecule is CCOc1ccc(NCc2ccc(O)c(OC)c2)cc1. The predicted molar refractivity (Wildman–Crippen MR) is 79.6 cm³/mol. The molecular weight excluding hydrogens is 254 g/mol. The molecule has 0 fully saturated rings. The number of phenols is 1. The summed E-state index contributed by atoms with van der Waals surface area (Å²) in [6.45, 7) is 3.29. The lowest BCUT2D eigenvalue weighted by molar-refractivity contribution is 0.340. The number of nitrogens with one attached hydrogen (secondary N) is 1. The van der Waals surface area contributed by atoms with Crippen molar-refractivity contribution in [2.45, 2.75) is 13.5 Å². The Morgan fingerprint density at radius 3 is 2.50 bits per heavy atom. The van der Waals surface area contributed by atoms with Crippen molar-refractivity contribution in [1.82, 2.24) is 0 Å². The van der Waals surface area contributed by atoms with Gasteiger partial charge in [-0.05, 0) is 48.9 Å². The first-order chi connectivity index (χ1) is 9.72. The number of ether oxygens (including phenoxy) is 2. The van der Waals surface area contributed by atoms with E-state index < -0.39 is 0 Å². The first kappa shape index (κ1) is 14.1. The average molecular weight is 273 g/mol. The maximum atomic E-state index is 9.54. The normalized spacial score (nSPS) is 10.1. The summed E-state index contributed by atoms with van der Waals surface area (Å²) in [5.41, 5.74) is 2.05. The molecule has 4 nitrogen and oxygen atoms in total. The molecule has 0 atom stereocenters. The summed E-state index contributed by atoms with van der Waals surface area (Å²) in [7, 11) is 1.54. The number of aromatic hydroxyl groups is 1. The Morgan fingerprint density at radius 1 is 1.10 bits per heavy atom. The third-order valence-corrected chi connectivity index (χ3v) is 2.91. The highest BCUT2D eigenvalue weighted by Gasteiger charge is 2.02. The van der Waals surface area contributed by atoms with E-state index >= 15 is 0 Å². The second kappa shape index (κ2) is 6.70. The van der Waals surface area contributed by atoms with Crippen molar-refractivity contribution in [1.29, 1.82) is 0 Å². The van der Waals surface area contributed by atoms with Crippen molar-refractivity contribution in [3.63, 3.8) is 0 Å². The molecule has 0 radical (unpaired) electrons. The number of hydrogen-bond acceptors (Lipinski definition) is 4. The number of anilines is 1. The van der Waals surface area contributed by atoms with Gasteiger partial charge in [-0.15, -0.1) is 0 Å². The smallest absolute Gasteiger partial charge is 0.160 e. The van der Waals surface area contributed by atoms with Gasteiger partial charge >= 0.3 is 0 Å². The van der Waals surface area contributed by atoms with Crippen molar-refractivity contribution in [3.05, 3.63) is 48.0 Å². The van der Waals surface area contributed by atoms with Crippen LogP contribution in [0.5, 0.6) is 17.2 Å². The number of benzene rings is 2. The molecule has 0 aliphatic carbocycles. The van der Waals surface area contributed by atoms with Gasteiger partial charge in [-0.25, -0.2) is 0 Å². The van der Waals surface area contributed by atoms with Gasteiger partial charge in [0.25, 0.3) is 0 Å². The standard InChI is InChI=1S/C16H19NO3/c1-3-20-14-7-5-13(6-8-14)17-11-12-4-9-15(18)16(10-12)19-2/h4-10,17-18H,3,11H2,1-2H3. The van der Waals surface area contributed by atoms with Crippen molar-refractivity contribution < 1.29 is 14.6 Å². The van der Waals surface area contributed by atoms with Crippen molar-refractivity contribution in [2.75, 3.05) is 19.0 Å². The van der Waals surface area contributed by atoms with Gasteiger partial charge in [0, 0.05) is 12.2 Å². The summed E-state index contributed by atoms with van der Waals surface area (Å²) in [6.07, 6.45) is 0. The second-order valence-electron chi connectivity index (χ2n) is 4.32. The second-order valence-corrected chi connectivity index (χ2v) is 4.32. The minimum Gasteiger partial charge on any atom is -0.504 e. The number of methoxy groups -OCH3 is 1. The van der Waals surface area contributed by atoms with Gasteiger partial charge in [-0.3, -0.25) is 0 Å². The van der Waals surface area contributed by atoms with Gasteiger partial charge in [0.1, 0.15) is 5.75 Å². The van der Waals surface area contributed by atoms with Crippen LogP contribution in [0.4, 0.5) is 5.69 Å². The molecule has 0 bridgehead atoms. The van der Waals surface area contributed by atoms with Crippen LogP contribution in [-0.2, 0) is 6.54 Å². The van der Waals surface area contributed by atoms with Crippen LogP contribution < -0.4 is 14.8 Å². The number of hydrogen-bond donors (Lipinski definition) is 2. The van der Waals surface area contributed by atoms with Gasteiger partial charge in [0.2, 0.25) is 0 Å². The largest absolute Gasteiger partial charge is 0.504 e. The van der Waals surface area contributed by atoms with Gasteiger partial charge in [-0.2, -0.15) is 0 Å². The molecule has 106 valence electrons. The fourth-order valence-electron chi connectivity index (χ4n) is 1.87. The maximum absolute atomic E-state index is 9.54. The van der Waals surface area contributed by atoms with Gasteiger partial charge in [0.05, 0.1) is 13.7 Å². The molecule has 2 aromatic carbocycles. The number of phenolic OH excluding ortho intramolecular Hbond substituents is 1. The zero-order chi connectivity index (χ0) is 14.4.